The van der Waals surface area contributed by atoms with E-state index in [0.29, 0.717) is 24.8 Å². The molecule has 3 rings (SSSR count). The minimum atomic E-state index is -0.963. The van der Waals surface area contributed by atoms with Crippen LogP contribution in [-0.4, -0.2) is 24.9 Å². The fourth-order valence-corrected chi connectivity index (χ4v) is 4.57. The number of nitrogens with two attached hydrogens (primary N) is 1. The zero-order chi connectivity index (χ0) is 22.1. The summed E-state index contributed by atoms with van der Waals surface area (Å²) in [6.07, 6.45) is 12.6. The molecule has 0 spiro atoms. The van der Waals surface area contributed by atoms with Gasteiger partial charge in [0.1, 0.15) is 5.41 Å². The average molecular weight is 426 g/mol. The number of rotatable bonds is 12. The number of nitrogens with one attached hydrogen (secondary N) is 1. The Kier molecular flexibility index (Phi) is 8.62. The van der Waals surface area contributed by atoms with Gasteiger partial charge >= 0.3 is 0 Å². The molecule has 0 unspecified atom stereocenters. The summed E-state index contributed by atoms with van der Waals surface area (Å²) < 4.78 is 5.87. The molecule has 31 heavy (non-hydrogen) atoms. The van der Waals surface area contributed by atoms with E-state index in [2.05, 4.69) is 11.5 Å². The van der Waals surface area contributed by atoms with Crippen LogP contribution in [0.3, 0.4) is 0 Å². The third-order valence-corrected chi connectivity index (χ3v) is 6.72. The number of benzene rings is 1. The number of nitriles is 1. The van der Waals surface area contributed by atoms with E-state index in [0.717, 1.165) is 50.4 Å². The van der Waals surface area contributed by atoms with Crippen LogP contribution in [0.5, 0.6) is 0 Å². The van der Waals surface area contributed by atoms with E-state index in [1.54, 1.807) is 12.1 Å². The number of amides is 1. The molecule has 0 saturated heterocycles. The molecule has 0 aliphatic heterocycles. The summed E-state index contributed by atoms with van der Waals surface area (Å²) in [6, 6.07) is 7.43. The smallest absolute Gasteiger partial charge is 0.265 e. The van der Waals surface area contributed by atoms with E-state index in [1.165, 1.54) is 32.1 Å². The van der Waals surface area contributed by atoms with Gasteiger partial charge in [0.05, 0.1) is 11.6 Å². The summed E-state index contributed by atoms with van der Waals surface area (Å²) in [6.45, 7) is 1.72. The number of hydrogen-bond donors (Lipinski definition) is 2. The predicted octanol–water partition coefficient (Wildman–Crippen LogP) is 4.48. The first-order valence-corrected chi connectivity index (χ1v) is 11.8. The Labute approximate surface area is 185 Å². The lowest BCUT2D eigenvalue weighted by molar-refractivity contribution is 0.0824. The fourth-order valence-electron chi connectivity index (χ4n) is 4.57. The Bertz CT molecular complexity index is 805. The lowest BCUT2D eigenvalue weighted by atomic mass is 9.87. The highest BCUT2D eigenvalue weighted by atomic mass is 16.5. The van der Waals surface area contributed by atoms with Gasteiger partial charge in [-0.25, -0.2) is 5.84 Å². The van der Waals surface area contributed by atoms with Crippen LogP contribution in [0, 0.1) is 22.7 Å². The van der Waals surface area contributed by atoms with Crippen molar-refractivity contribution in [2.24, 2.45) is 17.2 Å². The SMILES string of the molecule is N#CC1(C(=O)c2c(CCCCCCOCC3CCCCC3)cccc2C(=O)NN)CC1. The molecule has 168 valence electrons. The van der Waals surface area contributed by atoms with Crippen LogP contribution in [0.15, 0.2) is 18.2 Å². The molecule has 0 aromatic heterocycles. The quantitative estimate of drug-likeness (QED) is 0.169. The second kappa shape index (κ2) is 11.4. The summed E-state index contributed by atoms with van der Waals surface area (Å²) >= 11 is 0. The minimum Gasteiger partial charge on any atom is -0.381 e. The van der Waals surface area contributed by atoms with Gasteiger partial charge in [-0.15, -0.1) is 0 Å². The molecular formula is C25H35N3O3. The zero-order valence-corrected chi connectivity index (χ0v) is 18.5. The Morgan fingerprint density at radius 3 is 2.55 bits per heavy atom. The summed E-state index contributed by atoms with van der Waals surface area (Å²) in [7, 11) is 0. The Balaban J connectivity index is 1.48. The molecule has 0 bridgehead atoms. The number of carbonyl (C=O) groups is 2. The highest BCUT2D eigenvalue weighted by Crippen LogP contribution is 2.48. The molecule has 1 amide bonds. The highest BCUT2D eigenvalue weighted by Gasteiger charge is 2.51. The molecule has 0 atom stereocenters. The van der Waals surface area contributed by atoms with E-state index >= 15 is 0 Å². The number of carbonyl (C=O) groups excluding carboxylic acids is 2. The Hall–Kier alpha value is -2.23. The molecule has 2 aliphatic rings. The van der Waals surface area contributed by atoms with Gasteiger partial charge in [-0.3, -0.25) is 15.0 Å². The van der Waals surface area contributed by atoms with Crippen molar-refractivity contribution in [2.45, 2.75) is 77.0 Å². The van der Waals surface area contributed by atoms with E-state index in [1.807, 2.05) is 6.07 Å². The number of nitrogen functional groups attached to an aromatic ring is 1. The topological polar surface area (TPSA) is 105 Å². The Morgan fingerprint density at radius 1 is 1.13 bits per heavy atom. The molecule has 6 nitrogen and oxygen atoms in total. The van der Waals surface area contributed by atoms with Crippen LogP contribution < -0.4 is 11.3 Å². The number of unbranched alkanes of at least 4 members (excludes halogenated alkanes) is 3. The molecule has 0 heterocycles. The van der Waals surface area contributed by atoms with Crippen molar-refractivity contribution >= 4 is 11.7 Å². The fraction of sp³-hybridized carbons (Fsp3) is 0.640. The predicted molar refractivity (Wildman–Crippen MR) is 119 cm³/mol. The number of ether oxygens (including phenoxy) is 1. The third kappa shape index (κ3) is 6.15. The van der Waals surface area contributed by atoms with E-state index in [4.69, 9.17) is 10.6 Å². The van der Waals surface area contributed by atoms with Crippen molar-refractivity contribution in [1.82, 2.24) is 5.43 Å². The molecule has 2 saturated carbocycles. The molecule has 1 aromatic rings. The first-order valence-electron chi connectivity index (χ1n) is 11.8. The summed E-state index contributed by atoms with van der Waals surface area (Å²) in [5.41, 5.74) is 2.64. The van der Waals surface area contributed by atoms with Gasteiger partial charge < -0.3 is 4.74 Å². The van der Waals surface area contributed by atoms with Crippen molar-refractivity contribution < 1.29 is 14.3 Å². The minimum absolute atomic E-state index is 0.236. The maximum absolute atomic E-state index is 13.1. The normalized spacial score (nSPS) is 17.7. The standard InChI is InChI=1S/C25H35N3O3/c26-18-25(14-15-25)23(29)22-20(12-8-13-21(22)24(30)28-27)11-6-1-2-7-16-31-17-19-9-4-3-5-10-19/h8,12-13,19H,1-7,9-11,14-17,27H2,(H,28,30). The van der Waals surface area contributed by atoms with Crippen molar-refractivity contribution in [3.05, 3.63) is 34.9 Å². The molecular weight excluding hydrogens is 390 g/mol. The van der Waals surface area contributed by atoms with E-state index < -0.39 is 11.3 Å². The van der Waals surface area contributed by atoms with Crippen LogP contribution in [0.2, 0.25) is 0 Å². The van der Waals surface area contributed by atoms with E-state index in [9.17, 15) is 14.9 Å². The lowest BCUT2D eigenvalue weighted by Crippen LogP contribution is -2.32. The van der Waals surface area contributed by atoms with Gasteiger partial charge in [0.15, 0.2) is 5.78 Å². The number of Topliss-reactive ketones (excluding diaryl/α,β-unsaturated/α-hetero) is 1. The maximum atomic E-state index is 13.1. The monoisotopic (exact) mass is 425 g/mol. The number of ketones is 1. The number of hydrogen-bond acceptors (Lipinski definition) is 5. The first kappa shape index (κ1) is 23.4. The molecule has 2 fully saturated rings. The number of nitrogens with zero attached hydrogens (tertiary/aromatic N) is 1. The lowest BCUT2D eigenvalue weighted by Gasteiger charge is -2.21. The average Bonchev–Trinajstić information content (AvgIpc) is 3.61. The molecule has 6 heteroatoms. The second-order valence-corrected chi connectivity index (χ2v) is 9.08. The molecule has 1 aromatic carbocycles. The zero-order valence-electron chi connectivity index (χ0n) is 18.5. The maximum Gasteiger partial charge on any atom is 0.265 e. The van der Waals surface area contributed by atoms with Crippen LogP contribution in [0.25, 0.3) is 0 Å². The molecule has 2 aliphatic carbocycles. The molecule has 3 N–H and O–H groups in total. The van der Waals surface area contributed by atoms with Crippen LogP contribution in [0.4, 0.5) is 0 Å². The largest absolute Gasteiger partial charge is 0.381 e. The van der Waals surface area contributed by atoms with Crippen LogP contribution >= 0.6 is 0 Å². The Morgan fingerprint density at radius 2 is 1.87 bits per heavy atom. The van der Waals surface area contributed by atoms with Crippen LogP contribution in [-0.2, 0) is 11.2 Å². The van der Waals surface area contributed by atoms with Gasteiger partial charge in [-0.2, -0.15) is 5.26 Å². The summed E-state index contributed by atoms with van der Waals surface area (Å²) in [5.74, 6) is 5.35. The number of aryl methyl sites for hydroxylation is 1. The second-order valence-electron chi connectivity index (χ2n) is 9.08. The van der Waals surface area contributed by atoms with Crippen molar-refractivity contribution in [3.63, 3.8) is 0 Å². The van der Waals surface area contributed by atoms with Crippen molar-refractivity contribution in [2.75, 3.05) is 13.2 Å². The van der Waals surface area contributed by atoms with Gasteiger partial charge in [0, 0.05) is 18.8 Å². The van der Waals surface area contributed by atoms with E-state index in [-0.39, 0.29) is 11.3 Å². The number of hydrazine groups is 1. The van der Waals surface area contributed by atoms with Crippen LogP contribution in [0.1, 0.15) is 96.9 Å². The van der Waals surface area contributed by atoms with Gasteiger partial charge in [0.25, 0.3) is 5.91 Å². The summed E-state index contributed by atoms with van der Waals surface area (Å²) in [5, 5.41) is 9.46. The molecule has 0 radical (unpaired) electrons. The highest BCUT2D eigenvalue weighted by molar-refractivity contribution is 6.13. The van der Waals surface area contributed by atoms with Gasteiger partial charge in [-0.1, -0.05) is 44.2 Å². The van der Waals surface area contributed by atoms with Crippen molar-refractivity contribution in [1.29, 1.82) is 5.26 Å². The van der Waals surface area contributed by atoms with Crippen molar-refractivity contribution in [3.8, 4) is 6.07 Å². The van der Waals surface area contributed by atoms with Gasteiger partial charge in [0.2, 0.25) is 0 Å². The first-order chi connectivity index (χ1) is 15.1. The third-order valence-electron chi connectivity index (χ3n) is 6.72. The summed E-state index contributed by atoms with van der Waals surface area (Å²) in [4.78, 5) is 25.3. The van der Waals surface area contributed by atoms with Gasteiger partial charge in [-0.05, 0) is 62.5 Å².